The normalized spacial score (nSPS) is 18.2. The molecule has 1 aliphatic rings. The van der Waals surface area contributed by atoms with Crippen LogP contribution in [-0.2, 0) is 19.9 Å². The number of rotatable bonds is 3. The van der Waals surface area contributed by atoms with E-state index in [-0.39, 0.29) is 13.1 Å². The summed E-state index contributed by atoms with van der Waals surface area (Å²) in [5, 5.41) is 8.83. The molecule has 6 nitrogen and oxygen atoms in total. The Hall–Kier alpha value is -1.60. The first-order chi connectivity index (χ1) is 8.32. The van der Waals surface area contributed by atoms with Gasteiger partial charge in [-0.05, 0) is 5.56 Å². The summed E-state index contributed by atoms with van der Waals surface area (Å²) in [6, 6.07) is 8.76. The molecule has 0 atom stereocenters. The highest BCUT2D eigenvalue weighted by Crippen LogP contribution is 2.37. The third-order valence-corrected chi connectivity index (χ3v) is 3.40. The van der Waals surface area contributed by atoms with Gasteiger partial charge in [0, 0.05) is 0 Å². The monoisotopic (exact) mass is 271 g/mol. The van der Waals surface area contributed by atoms with Crippen LogP contribution in [0.25, 0.3) is 0 Å². The number of carboxylic acid groups (broad SMARTS) is 1. The van der Waals surface area contributed by atoms with E-state index in [0.29, 0.717) is 5.56 Å². The van der Waals surface area contributed by atoms with Gasteiger partial charge >= 0.3 is 6.09 Å². The zero-order chi connectivity index (χ0) is 13.4. The van der Waals surface area contributed by atoms with Crippen LogP contribution >= 0.6 is 0 Å². The second-order valence-electron chi connectivity index (χ2n) is 4.29. The number of likely N-dealkylation sites (tertiary alicyclic amines) is 1. The van der Waals surface area contributed by atoms with E-state index in [9.17, 15) is 13.2 Å². The number of benzene rings is 1. The molecule has 1 aliphatic heterocycles. The highest BCUT2D eigenvalue weighted by molar-refractivity contribution is 7.86. The van der Waals surface area contributed by atoms with Crippen LogP contribution in [0, 0.1) is 0 Å². The van der Waals surface area contributed by atoms with E-state index in [4.69, 9.17) is 9.29 Å². The molecule has 1 aromatic rings. The van der Waals surface area contributed by atoms with Crippen molar-refractivity contribution >= 4 is 16.2 Å². The van der Waals surface area contributed by atoms with E-state index in [1.165, 1.54) is 0 Å². The van der Waals surface area contributed by atoms with Crippen molar-refractivity contribution in [3.63, 3.8) is 0 Å². The first-order valence-corrected chi connectivity index (χ1v) is 7.08. The minimum atomic E-state index is -3.66. The average Bonchev–Trinajstić information content (AvgIpc) is 2.22. The summed E-state index contributed by atoms with van der Waals surface area (Å²) in [6.07, 6.45) is -0.125. The lowest BCUT2D eigenvalue weighted by molar-refractivity contribution is -0.0646. The SMILES string of the molecule is CS(=O)(=O)OC1(c2ccccc2)CN(C(=O)O)C1. The number of hydrogen-bond acceptors (Lipinski definition) is 4. The number of amides is 1. The van der Waals surface area contributed by atoms with Crippen LogP contribution < -0.4 is 0 Å². The Morgan fingerprint density at radius 3 is 2.33 bits per heavy atom. The Morgan fingerprint density at radius 1 is 1.33 bits per heavy atom. The zero-order valence-electron chi connectivity index (χ0n) is 9.74. The van der Waals surface area contributed by atoms with Gasteiger partial charge in [-0.3, -0.25) is 4.18 Å². The summed E-state index contributed by atoms with van der Waals surface area (Å²) in [4.78, 5) is 11.9. The smallest absolute Gasteiger partial charge is 0.407 e. The Morgan fingerprint density at radius 2 is 1.89 bits per heavy atom. The van der Waals surface area contributed by atoms with Crippen molar-refractivity contribution < 1.29 is 22.5 Å². The summed E-state index contributed by atoms with van der Waals surface area (Å²) < 4.78 is 27.7. The van der Waals surface area contributed by atoms with Gasteiger partial charge < -0.3 is 10.0 Å². The van der Waals surface area contributed by atoms with Crippen molar-refractivity contribution in [1.29, 1.82) is 0 Å². The Balaban J connectivity index is 2.29. The average molecular weight is 271 g/mol. The molecule has 0 aliphatic carbocycles. The lowest BCUT2D eigenvalue weighted by Crippen LogP contribution is -2.62. The van der Waals surface area contributed by atoms with Crippen molar-refractivity contribution in [1.82, 2.24) is 4.90 Å². The fourth-order valence-corrected chi connectivity index (χ4v) is 2.80. The summed E-state index contributed by atoms with van der Waals surface area (Å²) in [5.41, 5.74) is -0.430. The predicted molar refractivity (Wildman–Crippen MR) is 63.6 cm³/mol. The van der Waals surface area contributed by atoms with Gasteiger partial charge in [0.25, 0.3) is 10.1 Å². The van der Waals surface area contributed by atoms with Gasteiger partial charge in [0.2, 0.25) is 0 Å². The first-order valence-electron chi connectivity index (χ1n) is 5.26. The predicted octanol–water partition coefficient (Wildman–Crippen LogP) is 0.852. The minimum Gasteiger partial charge on any atom is -0.465 e. The van der Waals surface area contributed by atoms with Crippen molar-refractivity contribution in [3.05, 3.63) is 35.9 Å². The molecule has 1 N–H and O–H groups in total. The Bertz CT molecular complexity index is 548. The fourth-order valence-electron chi connectivity index (χ4n) is 2.02. The lowest BCUT2D eigenvalue weighted by atomic mass is 9.86. The lowest BCUT2D eigenvalue weighted by Gasteiger charge is -2.47. The van der Waals surface area contributed by atoms with Crippen LogP contribution in [0.4, 0.5) is 4.79 Å². The van der Waals surface area contributed by atoms with Crippen LogP contribution in [0.5, 0.6) is 0 Å². The van der Waals surface area contributed by atoms with E-state index < -0.39 is 21.8 Å². The second-order valence-corrected chi connectivity index (χ2v) is 5.86. The summed E-state index contributed by atoms with van der Waals surface area (Å²) in [5.74, 6) is 0. The summed E-state index contributed by atoms with van der Waals surface area (Å²) >= 11 is 0. The zero-order valence-corrected chi connectivity index (χ0v) is 10.6. The van der Waals surface area contributed by atoms with Crippen LogP contribution in [0.3, 0.4) is 0 Å². The molecule has 0 aromatic heterocycles. The van der Waals surface area contributed by atoms with Gasteiger partial charge in [-0.25, -0.2) is 4.79 Å². The molecule has 1 heterocycles. The maximum atomic E-state index is 11.3. The third-order valence-electron chi connectivity index (χ3n) is 2.77. The van der Waals surface area contributed by atoms with Gasteiger partial charge in [-0.2, -0.15) is 8.42 Å². The standard InChI is InChI=1S/C11H13NO5S/c1-18(15,16)17-11(7-12(8-11)10(13)14)9-5-3-2-4-6-9/h2-6H,7-8H2,1H3,(H,13,14). The van der Waals surface area contributed by atoms with Gasteiger partial charge in [-0.1, -0.05) is 30.3 Å². The van der Waals surface area contributed by atoms with Gasteiger partial charge in [0.1, 0.15) is 5.60 Å². The molecule has 1 saturated heterocycles. The molecule has 1 amide bonds. The molecule has 18 heavy (non-hydrogen) atoms. The molecule has 98 valence electrons. The van der Waals surface area contributed by atoms with Crippen molar-refractivity contribution in [2.45, 2.75) is 5.60 Å². The highest BCUT2D eigenvalue weighted by atomic mass is 32.2. The van der Waals surface area contributed by atoms with Gasteiger partial charge in [0.05, 0.1) is 19.3 Å². The maximum Gasteiger partial charge on any atom is 0.407 e. The number of hydrogen-bond donors (Lipinski definition) is 1. The van der Waals surface area contributed by atoms with E-state index in [1.54, 1.807) is 30.3 Å². The molecule has 0 spiro atoms. The molecule has 7 heteroatoms. The molecule has 2 rings (SSSR count). The Kier molecular flexibility index (Phi) is 3.04. The molecular formula is C11H13NO5S. The fraction of sp³-hybridized carbons (Fsp3) is 0.364. The maximum absolute atomic E-state index is 11.3. The summed E-state index contributed by atoms with van der Waals surface area (Å²) in [6.45, 7) is 0.0266. The molecular weight excluding hydrogens is 258 g/mol. The van der Waals surface area contributed by atoms with Crippen molar-refractivity contribution in [2.75, 3.05) is 19.3 Å². The molecule has 1 fully saturated rings. The molecule has 0 saturated carbocycles. The van der Waals surface area contributed by atoms with Crippen LogP contribution in [0.1, 0.15) is 5.56 Å². The third kappa shape index (κ3) is 2.46. The molecule has 0 unspecified atom stereocenters. The Labute approximate surface area is 105 Å². The van der Waals surface area contributed by atoms with E-state index in [1.807, 2.05) is 0 Å². The second kappa shape index (κ2) is 4.25. The largest absolute Gasteiger partial charge is 0.465 e. The topological polar surface area (TPSA) is 83.9 Å². The van der Waals surface area contributed by atoms with Crippen LogP contribution in [0.15, 0.2) is 30.3 Å². The first kappa shape index (κ1) is 12.8. The van der Waals surface area contributed by atoms with Crippen molar-refractivity contribution in [2.24, 2.45) is 0 Å². The highest BCUT2D eigenvalue weighted by Gasteiger charge is 2.50. The van der Waals surface area contributed by atoms with E-state index >= 15 is 0 Å². The molecule has 1 aromatic carbocycles. The van der Waals surface area contributed by atoms with Crippen molar-refractivity contribution in [3.8, 4) is 0 Å². The van der Waals surface area contributed by atoms with Crippen LogP contribution in [-0.4, -0.2) is 43.9 Å². The quantitative estimate of drug-likeness (QED) is 0.824. The number of nitrogens with zero attached hydrogens (tertiary/aromatic N) is 1. The minimum absolute atomic E-state index is 0.0133. The van der Waals surface area contributed by atoms with E-state index in [2.05, 4.69) is 0 Å². The van der Waals surface area contributed by atoms with Gasteiger partial charge in [-0.15, -0.1) is 0 Å². The number of carbonyl (C=O) groups is 1. The summed E-state index contributed by atoms with van der Waals surface area (Å²) in [7, 11) is -3.66. The van der Waals surface area contributed by atoms with E-state index in [0.717, 1.165) is 11.2 Å². The van der Waals surface area contributed by atoms with Crippen LogP contribution in [0.2, 0.25) is 0 Å². The molecule has 0 radical (unpaired) electrons. The van der Waals surface area contributed by atoms with Gasteiger partial charge in [0.15, 0.2) is 0 Å². The molecule has 0 bridgehead atoms.